The maximum Gasteiger partial charge on any atom is 0.277 e. The van der Waals surface area contributed by atoms with Crippen molar-refractivity contribution >= 4 is 28.2 Å². The van der Waals surface area contributed by atoms with Gasteiger partial charge in [-0.2, -0.15) is 0 Å². The lowest BCUT2D eigenvalue weighted by molar-refractivity contribution is -0.383. The molecule has 2 rings (SSSR count). The first-order valence-corrected chi connectivity index (χ1v) is 6.55. The molecule has 2 aromatic rings. The molecule has 0 amide bonds. The fraction of sp³-hybridized carbons (Fsp3) is 0.250. The fourth-order valence-corrected chi connectivity index (χ4v) is 2.63. The molecule has 2 N–H and O–H groups in total. The van der Waals surface area contributed by atoms with Gasteiger partial charge in [-0.25, -0.2) is 0 Å². The molecule has 0 saturated heterocycles. The topological polar surface area (TPSA) is 96.5 Å². The molecule has 0 radical (unpaired) electrons. The number of non-ortho nitro benzene ring substituents is 1. The zero-order valence-corrected chi connectivity index (χ0v) is 10.7. The predicted octanol–water partition coefficient (Wildman–Crippen LogP) is 1.59. The summed E-state index contributed by atoms with van der Waals surface area (Å²) in [5.74, 6) is 0.318. The number of hydrogen-bond donors (Lipinski definition) is 2. The lowest BCUT2D eigenvalue weighted by atomic mass is 10.1. The second-order valence-electron chi connectivity index (χ2n) is 3.91. The maximum atomic E-state index is 10.9. The van der Waals surface area contributed by atoms with Crippen molar-refractivity contribution in [2.24, 2.45) is 0 Å². The fourth-order valence-electron chi connectivity index (χ4n) is 1.67. The van der Waals surface area contributed by atoms with Crippen molar-refractivity contribution in [2.45, 2.75) is 11.0 Å². The quantitative estimate of drug-likeness (QED) is 0.490. The van der Waals surface area contributed by atoms with Gasteiger partial charge in [0.15, 0.2) is 0 Å². The molecule has 0 bridgehead atoms. The monoisotopic (exact) mass is 280 g/mol. The van der Waals surface area contributed by atoms with E-state index >= 15 is 0 Å². The van der Waals surface area contributed by atoms with Crippen LogP contribution in [0.4, 0.5) is 5.69 Å². The zero-order valence-electron chi connectivity index (χ0n) is 9.89. The number of aromatic nitrogens is 1. The van der Waals surface area contributed by atoms with Crippen molar-refractivity contribution in [1.82, 2.24) is 4.98 Å². The lowest BCUT2D eigenvalue weighted by Crippen LogP contribution is -2.14. The van der Waals surface area contributed by atoms with Crippen LogP contribution in [0.3, 0.4) is 0 Å². The van der Waals surface area contributed by atoms with Gasteiger partial charge in [-0.05, 0) is 12.1 Å². The molecule has 1 unspecified atom stereocenters. The number of hydrogen-bond acceptors (Lipinski definition) is 6. The third kappa shape index (κ3) is 3.01. The van der Waals surface area contributed by atoms with Crippen LogP contribution in [0.25, 0.3) is 10.8 Å². The van der Waals surface area contributed by atoms with Crippen LogP contribution in [0.15, 0.2) is 35.5 Å². The van der Waals surface area contributed by atoms with Crippen molar-refractivity contribution in [1.29, 1.82) is 0 Å². The Hall–Kier alpha value is -1.70. The summed E-state index contributed by atoms with van der Waals surface area (Å²) in [5, 5.41) is 30.3. The minimum atomic E-state index is -0.813. The van der Waals surface area contributed by atoms with E-state index in [1.807, 2.05) is 0 Å². The van der Waals surface area contributed by atoms with E-state index in [0.29, 0.717) is 16.5 Å². The normalized spacial score (nSPS) is 12.5. The molecule has 0 aliphatic carbocycles. The van der Waals surface area contributed by atoms with Crippen LogP contribution < -0.4 is 0 Å². The molecule has 0 spiro atoms. The lowest BCUT2D eigenvalue weighted by Gasteiger charge is -2.09. The SMILES string of the molecule is O=[N+]([O-])c1ccc(SCC(O)CO)c2cnccc12. The Kier molecular flexibility index (Phi) is 4.31. The van der Waals surface area contributed by atoms with Gasteiger partial charge in [-0.3, -0.25) is 15.1 Å². The Bertz CT molecular complexity index is 605. The van der Waals surface area contributed by atoms with Gasteiger partial charge in [0, 0.05) is 34.5 Å². The second-order valence-corrected chi connectivity index (χ2v) is 4.97. The van der Waals surface area contributed by atoms with Crippen LogP contribution in [0.5, 0.6) is 0 Å². The minimum Gasteiger partial charge on any atom is -0.394 e. The highest BCUT2D eigenvalue weighted by atomic mass is 32.2. The third-order valence-corrected chi connectivity index (χ3v) is 3.81. The summed E-state index contributed by atoms with van der Waals surface area (Å²) >= 11 is 1.33. The first kappa shape index (κ1) is 13.7. The molecule has 1 heterocycles. The molecule has 100 valence electrons. The smallest absolute Gasteiger partial charge is 0.277 e. The van der Waals surface area contributed by atoms with Crippen molar-refractivity contribution < 1.29 is 15.1 Å². The average molecular weight is 280 g/mol. The Balaban J connectivity index is 2.41. The molecule has 1 aromatic heterocycles. The molecule has 0 aliphatic heterocycles. The molecule has 0 fully saturated rings. The van der Waals surface area contributed by atoms with Gasteiger partial charge < -0.3 is 10.2 Å². The zero-order chi connectivity index (χ0) is 13.8. The first-order valence-electron chi connectivity index (χ1n) is 5.56. The summed E-state index contributed by atoms with van der Waals surface area (Å²) in [4.78, 5) is 15.3. The highest BCUT2D eigenvalue weighted by Gasteiger charge is 2.15. The van der Waals surface area contributed by atoms with Gasteiger partial charge >= 0.3 is 0 Å². The number of pyridine rings is 1. The number of aliphatic hydroxyl groups excluding tert-OH is 2. The van der Waals surface area contributed by atoms with Crippen LogP contribution in [0, 0.1) is 10.1 Å². The Morgan fingerprint density at radius 2 is 2.16 bits per heavy atom. The van der Waals surface area contributed by atoms with E-state index in [1.165, 1.54) is 24.0 Å². The summed E-state index contributed by atoms with van der Waals surface area (Å²) in [6.45, 7) is -0.309. The summed E-state index contributed by atoms with van der Waals surface area (Å²) in [5.41, 5.74) is 0.0319. The van der Waals surface area contributed by atoms with Gasteiger partial charge in [-0.1, -0.05) is 0 Å². The molecule has 0 saturated carbocycles. The van der Waals surface area contributed by atoms with Gasteiger partial charge in [0.1, 0.15) is 0 Å². The molecule has 0 aliphatic rings. The number of fused-ring (bicyclic) bond motifs is 1. The second kappa shape index (κ2) is 5.96. The van der Waals surface area contributed by atoms with Crippen molar-refractivity contribution in [3.8, 4) is 0 Å². The van der Waals surface area contributed by atoms with E-state index < -0.39 is 11.0 Å². The summed E-state index contributed by atoms with van der Waals surface area (Å²) in [6.07, 6.45) is 2.26. The highest BCUT2D eigenvalue weighted by molar-refractivity contribution is 7.99. The van der Waals surface area contributed by atoms with Gasteiger partial charge in [0.25, 0.3) is 5.69 Å². The molecule has 6 nitrogen and oxygen atoms in total. The molecular weight excluding hydrogens is 268 g/mol. The van der Waals surface area contributed by atoms with Crippen LogP contribution >= 0.6 is 11.8 Å². The third-order valence-electron chi connectivity index (χ3n) is 2.59. The Labute approximate surface area is 113 Å². The average Bonchev–Trinajstić information content (AvgIpc) is 2.43. The van der Waals surface area contributed by atoms with E-state index in [2.05, 4.69) is 4.98 Å². The number of nitro groups is 1. The number of nitro benzene ring substituents is 1. The van der Waals surface area contributed by atoms with Gasteiger partial charge in [-0.15, -0.1) is 11.8 Å². The van der Waals surface area contributed by atoms with Crippen LogP contribution in [0.1, 0.15) is 0 Å². The van der Waals surface area contributed by atoms with E-state index in [0.717, 1.165) is 4.90 Å². The standard InChI is InChI=1S/C12H12N2O4S/c15-6-8(16)7-19-12-2-1-11(14(17)18)9-3-4-13-5-10(9)12/h1-5,8,15-16H,6-7H2. The predicted molar refractivity (Wildman–Crippen MR) is 72.2 cm³/mol. The maximum absolute atomic E-state index is 10.9. The van der Waals surface area contributed by atoms with Crippen LogP contribution in [-0.2, 0) is 0 Å². The van der Waals surface area contributed by atoms with Crippen molar-refractivity contribution in [3.63, 3.8) is 0 Å². The Morgan fingerprint density at radius 1 is 1.37 bits per heavy atom. The number of aliphatic hydroxyl groups is 2. The van der Waals surface area contributed by atoms with E-state index in [9.17, 15) is 15.2 Å². The number of benzene rings is 1. The van der Waals surface area contributed by atoms with E-state index in [1.54, 1.807) is 18.3 Å². The van der Waals surface area contributed by atoms with Crippen LogP contribution in [-0.4, -0.2) is 38.6 Å². The van der Waals surface area contributed by atoms with E-state index in [4.69, 9.17) is 5.11 Å². The highest BCUT2D eigenvalue weighted by Crippen LogP contribution is 2.33. The molecule has 19 heavy (non-hydrogen) atoms. The molecule has 7 heteroatoms. The van der Waals surface area contributed by atoms with Gasteiger partial charge in [0.05, 0.1) is 23.0 Å². The van der Waals surface area contributed by atoms with Crippen molar-refractivity contribution in [3.05, 3.63) is 40.7 Å². The largest absolute Gasteiger partial charge is 0.394 e. The van der Waals surface area contributed by atoms with Crippen molar-refractivity contribution in [2.75, 3.05) is 12.4 Å². The van der Waals surface area contributed by atoms with Gasteiger partial charge in [0.2, 0.25) is 0 Å². The number of rotatable bonds is 5. The molecule has 1 atom stereocenters. The summed E-state index contributed by atoms with van der Waals surface area (Å²) in [7, 11) is 0. The molecular formula is C12H12N2O4S. The summed E-state index contributed by atoms with van der Waals surface area (Å²) < 4.78 is 0. The van der Waals surface area contributed by atoms with E-state index in [-0.39, 0.29) is 12.3 Å². The van der Waals surface area contributed by atoms with Crippen LogP contribution in [0.2, 0.25) is 0 Å². The molecule has 1 aromatic carbocycles. The number of nitrogens with zero attached hydrogens (tertiary/aromatic N) is 2. The number of thioether (sulfide) groups is 1. The first-order chi connectivity index (χ1) is 9.13. The summed E-state index contributed by atoms with van der Waals surface area (Å²) in [6, 6.07) is 4.67. The Morgan fingerprint density at radius 3 is 2.84 bits per heavy atom. The minimum absolute atomic E-state index is 0.0319.